The summed E-state index contributed by atoms with van der Waals surface area (Å²) in [5.74, 6) is 1.57. The highest BCUT2D eigenvalue weighted by Crippen LogP contribution is 2.33. The van der Waals surface area contributed by atoms with Gasteiger partial charge in [-0.25, -0.2) is 13.4 Å². The van der Waals surface area contributed by atoms with Crippen LogP contribution in [0.2, 0.25) is 0 Å². The zero-order valence-electron chi connectivity index (χ0n) is 19.4. The van der Waals surface area contributed by atoms with Crippen LogP contribution in [0.1, 0.15) is 44.2 Å². The molecule has 2 heterocycles. The Morgan fingerprint density at radius 1 is 1.06 bits per heavy atom. The second kappa shape index (κ2) is 9.27. The van der Waals surface area contributed by atoms with E-state index in [2.05, 4.69) is 77.1 Å². The normalized spacial score (nSPS) is 18.2. The van der Waals surface area contributed by atoms with Crippen LogP contribution in [0, 0.1) is 5.92 Å². The molecule has 6 nitrogen and oxygen atoms in total. The standard InChI is InChI=1S/C26H30N4O2S/c1-18(2)20-9-11-22(12-10-20)28-26-24-13-8-19(3)16-25(30(24)15-14-27-26)21-6-5-7-23(17-21)29-33(4,31)32/h5-7,9-19,29H,8H2,1-4H3,(H,27,28). The minimum atomic E-state index is -3.36. The Morgan fingerprint density at radius 3 is 2.52 bits per heavy atom. The topological polar surface area (TPSA) is 73.8 Å². The van der Waals surface area contributed by atoms with Crippen LogP contribution in [0.15, 0.2) is 83.8 Å². The molecule has 0 radical (unpaired) electrons. The molecule has 4 rings (SSSR count). The van der Waals surface area contributed by atoms with Gasteiger partial charge in [-0.1, -0.05) is 57.2 Å². The number of amidine groups is 1. The van der Waals surface area contributed by atoms with Crippen molar-refractivity contribution in [2.75, 3.05) is 16.3 Å². The Balaban J connectivity index is 1.64. The third kappa shape index (κ3) is 5.54. The number of nitrogens with one attached hydrogen (secondary N) is 2. The number of rotatable bonds is 5. The summed E-state index contributed by atoms with van der Waals surface area (Å²) in [6.45, 7) is 6.54. The highest BCUT2D eigenvalue weighted by atomic mass is 32.2. The Bertz CT molecular complexity index is 1260. The van der Waals surface area contributed by atoms with Gasteiger partial charge in [0.2, 0.25) is 10.0 Å². The van der Waals surface area contributed by atoms with E-state index in [1.54, 1.807) is 12.3 Å². The summed E-state index contributed by atoms with van der Waals surface area (Å²) in [6.07, 6.45) is 10.2. The number of benzene rings is 2. The zero-order valence-corrected chi connectivity index (χ0v) is 20.2. The molecule has 0 aliphatic carbocycles. The number of anilines is 2. The molecule has 2 aliphatic heterocycles. The first-order valence-corrected chi connectivity index (χ1v) is 13.0. The van der Waals surface area contributed by atoms with Crippen molar-refractivity contribution in [1.82, 2.24) is 4.90 Å². The Labute approximate surface area is 196 Å². The fourth-order valence-corrected chi connectivity index (χ4v) is 4.49. The van der Waals surface area contributed by atoms with Gasteiger partial charge in [0.25, 0.3) is 0 Å². The maximum atomic E-state index is 11.7. The van der Waals surface area contributed by atoms with Crippen molar-refractivity contribution in [2.24, 2.45) is 10.9 Å². The number of hydrogen-bond donors (Lipinski definition) is 2. The molecule has 0 saturated heterocycles. The minimum absolute atomic E-state index is 0.310. The molecule has 0 bridgehead atoms. The van der Waals surface area contributed by atoms with E-state index >= 15 is 0 Å². The van der Waals surface area contributed by atoms with Crippen LogP contribution in [0.25, 0.3) is 5.70 Å². The van der Waals surface area contributed by atoms with E-state index in [4.69, 9.17) is 0 Å². The fraction of sp³-hybridized carbons (Fsp3) is 0.269. The fourth-order valence-electron chi connectivity index (χ4n) is 3.93. The van der Waals surface area contributed by atoms with Crippen molar-refractivity contribution in [3.05, 3.63) is 89.9 Å². The molecular weight excluding hydrogens is 432 g/mol. The van der Waals surface area contributed by atoms with Gasteiger partial charge in [0.1, 0.15) is 0 Å². The second-order valence-electron chi connectivity index (χ2n) is 8.86. The van der Waals surface area contributed by atoms with E-state index in [1.807, 2.05) is 24.4 Å². The third-order valence-electron chi connectivity index (χ3n) is 5.61. The van der Waals surface area contributed by atoms with Crippen LogP contribution in [-0.4, -0.2) is 25.4 Å². The lowest BCUT2D eigenvalue weighted by atomic mass is 10.0. The number of nitrogens with zero attached hydrogens (tertiary/aromatic N) is 2. The summed E-state index contributed by atoms with van der Waals surface area (Å²) in [5.41, 5.74) is 5.71. The average molecular weight is 463 g/mol. The quantitative estimate of drug-likeness (QED) is 0.594. The van der Waals surface area contributed by atoms with Gasteiger partial charge in [0.15, 0.2) is 5.84 Å². The molecule has 2 aromatic carbocycles. The summed E-state index contributed by atoms with van der Waals surface area (Å²) in [5, 5.41) is 3.47. The number of sulfonamides is 1. The predicted molar refractivity (Wildman–Crippen MR) is 137 cm³/mol. The van der Waals surface area contributed by atoms with Gasteiger partial charge in [-0.15, -0.1) is 0 Å². The Morgan fingerprint density at radius 2 is 1.82 bits per heavy atom. The summed E-state index contributed by atoms with van der Waals surface area (Å²) in [4.78, 5) is 6.74. The molecule has 0 aromatic heterocycles. The Hall–Kier alpha value is -3.32. The first-order chi connectivity index (χ1) is 15.7. The van der Waals surface area contributed by atoms with Crippen LogP contribution in [0.4, 0.5) is 11.4 Å². The van der Waals surface area contributed by atoms with Crippen molar-refractivity contribution < 1.29 is 8.42 Å². The first-order valence-electron chi connectivity index (χ1n) is 11.1. The predicted octanol–water partition coefficient (Wildman–Crippen LogP) is 5.74. The van der Waals surface area contributed by atoms with Crippen LogP contribution in [-0.2, 0) is 10.0 Å². The Kier molecular flexibility index (Phi) is 6.42. The molecule has 1 unspecified atom stereocenters. The third-order valence-corrected chi connectivity index (χ3v) is 6.21. The molecular formula is C26H30N4O2S. The van der Waals surface area contributed by atoms with E-state index in [0.717, 1.165) is 41.2 Å². The van der Waals surface area contributed by atoms with Crippen LogP contribution in [0.5, 0.6) is 0 Å². The number of aliphatic imine (C=N–C) groups is 1. The van der Waals surface area contributed by atoms with E-state index in [-0.39, 0.29) is 0 Å². The molecule has 0 fully saturated rings. The molecule has 0 spiro atoms. The lowest BCUT2D eigenvalue weighted by Gasteiger charge is -2.29. The summed E-state index contributed by atoms with van der Waals surface area (Å²) >= 11 is 0. The largest absolute Gasteiger partial charge is 0.338 e. The van der Waals surface area contributed by atoms with Crippen molar-refractivity contribution in [3.8, 4) is 0 Å². The molecule has 172 valence electrons. The average Bonchev–Trinajstić information content (AvgIpc) is 2.93. The van der Waals surface area contributed by atoms with E-state index in [0.29, 0.717) is 17.5 Å². The lowest BCUT2D eigenvalue weighted by molar-refractivity contribution is 0.607. The molecule has 2 aromatic rings. The maximum Gasteiger partial charge on any atom is 0.229 e. The number of hydrogen-bond acceptors (Lipinski definition) is 5. The van der Waals surface area contributed by atoms with E-state index in [9.17, 15) is 8.42 Å². The van der Waals surface area contributed by atoms with Gasteiger partial charge in [0, 0.05) is 35.0 Å². The number of allylic oxidation sites excluding steroid dienone is 2. The SMILES string of the molecule is CC1C=C(c2cccc(NS(C)(=O)=O)c2)N2C=CN=C(Nc3ccc(C(C)C)cc3)C2=CC1. The number of fused-ring (bicyclic) bond motifs is 1. The monoisotopic (exact) mass is 462 g/mol. The molecule has 2 N–H and O–H groups in total. The first kappa shape index (κ1) is 22.9. The smallest absolute Gasteiger partial charge is 0.229 e. The van der Waals surface area contributed by atoms with Gasteiger partial charge in [-0.05, 0) is 48.1 Å². The van der Waals surface area contributed by atoms with E-state index in [1.165, 1.54) is 5.56 Å². The summed E-state index contributed by atoms with van der Waals surface area (Å²) in [6, 6.07) is 15.9. The molecule has 1 atom stereocenters. The molecule has 0 saturated carbocycles. The van der Waals surface area contributed by atoms with Gasteiger partial charge in [-0.3, -0.25) is 4.72 Å². The van der Waals surface area contributed by atoms with Crippen LogP contribution in [0.3, 0.4) is 0 Å². The van der Waals surface area contributed by atoms with Gasteiger partial charge in [-0.2, -0.15) is 0 Å². The van der Waals surface area contributed by atoms with Crippen molar-refractivity contribution in [3.63, 3.8) is 0 Å². The molecule has 7 heteroatoms. The van der Waals surface area contributed by atoms with Crippen LogP contribution < -0.4 is 10.0 Å². The van der Waals surface area contributed by atoms with Crippen LogP contribution >= 0.6 is 0 Å². The highest BCUT2D eigenvalue weighted by molar-refractivity contribution is 7.92. The van der Waals surface area contributed by atoms with Gasteiger partial charge >= 0.3 is 0 Å². The lowest BCUT2D eigenvalue weighted by Crippen LogP contribution is -2.28. The highest BCUT2D eigenvalue weighted by Gasteiger charge is 2.24. The van der Waals surface area contributed by atoms with Gasteiger partial charge in [0.05, 0.1) is 12.0 Å². The van der Waals surface area contributed by atoms with Gasteiger partial charge < -0.3 is 10.2 Å². The minimum Gasteiger partial charge on any atom is -0.338 e. The summed E-state index contributed by atoms with van der Waals surface area (Å²) < 4.78 is 26.0. The molecule has 2 aliphatic rings. The maximum absolute atomic E-state index is 11.7. The van der Waals surface area contributed by atoms with E-state index < -0.39 is 10.0 Å². The van der Waals surface area contributed by atoms with Crippen molar-refractivity contribution in [1.29, 1.82) is 0 Å². The van der Waals surface area contributed by atoms with Crippen molar-refractivity contribution in [2.45, 2.75) is 33.1 Å². The van der Waals surface area contributed by atoms with Crippen molar-refractivity contribution >= 4 is 32.9 Å². The second-order valence-corrected chi connectivity index (χ2v) is 10.6. The zero-order chi connectivity index (χ0) is 23.6. The molecule has 0 amide bonds. The summed E-state index contributed by atoms with van der Waals surface area (Å²) in [7, 11) is -3.36. The molecule has 33 heavy (non-hydrogen) atoms.